The van der Waals surface area contributed by atoms with Crippen molar-refractivity contribution in [1.29, 1.82) is 0 Å². The Kier molecular flexibility index (Phi) is 5.77. The van der Waals surface area contributed by atoms with Crippen LogP contribution < -0.4 is 5.32 Å². The number of pyridine rings is 1. The van der Waals surface area contributed by atoms with E-state index in [4.69, 9.17) is 4.42 Å². The molecule has 0 aliphatic heterocycles. The summed E-state index contributed by atoms with van der Waals surface area (Å²) in [5.74, 6) is -0.476. The molecule has 2 aromatic heterocycles. The fourth-order valence-electron chi connectivity index (χ4n) is 2.50. The van der Waals surface area contributed by atoms with Crippen molar-refractivity contribution < 1.29 is 14.0 Å². The van der Waals surface area contributed by atoms with Gasteiger partial charge in [-0.3, -0.25) is 14.6 Å². The lowest BCUT2D eigenvalue weighted by Gasteiger charge is -2.22. The first kappa shape index (κ1) is 17.4. The van der Waals surface area contributed by atoms with Crippen LogP contribution in [0.25, 0.3) is 0 Å². The van der Waals surface area contributed by atoms with E-state index in [1.807, 2.05) is 42.5 Å². The van der Waals surface area contributed by atoms with E-state index in [9.17, 15) is 9.59 Å². The second-order valence-electron chi connectivity index (χ2n) is 5.79. The average Bonchev–Trinajstić information content (AvgIpc) is 3.22. The van der Waals surface area contributed by atoms with E-state index in [1.165, 1.54) is 17.4 Å². The number of rotatable bonds is 7. The summed E-state index contributed by atoms with van der Waals surface area (Å²) in [7, 11) is 0. The van der Waals surface area contributed by atoms with Crippen LogP contribution in [-0.2, 0) is 17.9 Å². The number of hydrogen-bond acceptors (Lipinski definition) is 4. The summed E-state index contributed by atoms with van der Waals surface area (Å²) in [4.78, 5) is 30.5. The Bertz CT molecular complexity index is 833. The minimum absolute atomic E-state index is 0.0377. The number of amides is 2. The minimum Gasteiger partial charge on any atom is -0.472 e. The molecule has 0 saturated carbocycles. The molecular formula is C20H19N3O3. The number of furan rings is 1. The maximum absolute atomic E-state index is 12.7. The highest BCUT2D eigenvalue weighted by molar-refractivity contribution is 5.96. The van der Waals surface area contributed by atoms with Crippen LogP contribution >= 0.6 is 0 Å². The molecule has 0 fully saturated rings. The number of carbonyl (C=O) groups is 2. The second-order valence-corrected chi connectivity index (χ2v) is 5.79. The van der Waals surface area contributed by atoms with Gasteiger partial charge < -0.3 is 14.6 Å². The zero-order valence-electron chi connectivity index (χ0n) is 14.2. The first-order valence-electron chi connectivity index (χ1n) is 8.23. The van der Waals surface area contributed by atoms with Gasteiger partial charge in [0.2, 0.25) is 5.91 Å². The number of aromatic nitrogens is 1. The molecule has 2 amide bonds. The van der Waals surface area contributed by atoms with E-state index < -0.39 is 0 Å². The molecule has 0 aliphatic carbocycles. The molecule has 0 unspecified atom stereocenters. The van der Waals surface area contributed by atoms with Crippen LogP contribution in [0.2, 0.25) is 0 Å². The van der Waals surface area contributed by atoms with Crippen molar-refractivity contribution >= 4 is 11.8 Å². The van der Waals surface area contributed by atoms with Crippen LogP contribution in [0, 0.1) is 0 Å². The van der Waals surface area contributed by atoms with Crippen molar-refractivity contribution in [3.63, 3.8) is 0 Å². The molecule has 3 rings (SSSR count). The van der Waals surface area contributed by atoms with E-state index >= 15 is 0 Å². The zero-order valence-corrected chi connectivity index (χ0v) is 14.2. The van der Waals surface area contributed by atoms with Gasteiger partial charge in [0.25, 0.3) is 5.91 Å². The quantitative estimate of drug-likeness (QED) is 0.711. The van der Waals surface area contributed by atoms with Gasteiger partial charge in [0.15, 0.2) is 0 Å². The summed E-state index contributed by atoms with van der Waals surface area (Å²) in [6.45, 7) is 0.692. The third kappa shape index (κ3) is 4.80. The number of benzene rings is 1. The summed E-state index contributed by atoms with van der Waals surface area (Å²) in [5, 5.41) is 2.83. The Morgan fingerprint density at radius 3 is 2.46 bits per heavy atom. The van der Waals surface area contributed by atoms with Crippen molar-refractivity contribution in [3.8, 4) is 0 Å². The van der Waals surface area contributed by atoms with Crippen molar-refractivity contribution in [2.24, 2.45) is 0 Å². The SMILES string of the molecule is O=C(CN(Cc1ccccc1)C(=O)c1ccoc1)NCc1ccncc1. The lowest BCUT2D eigenvalue weighted by atomic mass is 10.2. The summed E-state index contributed by atoms with van der Waals surface area (Å²) in [6.07, 6.45) is 6.17. The van der Waals surface area contributed by atoms with Crippen LogP contribution in [0.1, 0.15) is 21.5 Å². The molecule has 0 saturated heterocycles. The highest BCUT2D eigenvalue weighted by Crippen LogP contribution is 2.10. The Balaban J connectivity index is 1.66. The van der Waals surface area contributed by atoms with Gasteiger partial charge in [-0.15, -0.1) is 0 Å². The summed E-state index contributed by atoms with van der Waals surface area (Å²) >= 11 is 0. The lowest BCUT2D eigenvalue weighted by molar-refractivity contribution is -0.122. The smallest absolute Gasteiger partial charge is 0.257 e. The van der Waals surface area contributed by atoms with Gasteiger partial charge in [-0.1, -0.05) is 30.3 Å². The maximum atomic E-state index is 12.7. The third-order valence-electron chi connectivity index (χ3n) is 3.85. The monoisotopic (exact) mass is 349 g/mol. The second kappa shape index (κ2) is 8.62. The highest BCUT2D eigenvalue weighted by Gasteiger charge is 2.20. The van der Waals surface area contributed by atoms with Gasteiger partial charge in [-0.2, -0.15) is 0 Å². The van der Waals surface area contributed by atoms with Crippen LogP contribution in [0.15, 0.2) is 77.9 Å². The summed E-state index contributed by atoms with van der Waals surface area (Å²) in [5.41, 5.74) is 2.32. The molecule has 3 aromatic rings. The molecule has 0 aliphatic rings. The van der Waals surface area contributed by atoms with Gasteiger partial charge in [0.05, 0.1) is 11.8 Å². The number of nitrogens with one attached hydrogen (secondary N) is 1. The Hall–Kier alpha value is -3.41. The number of hydrogen-bond donors (Lipinski definition) is 1. The van der Waals surface area contributed by atoms with Crippen molar-refractivity contribution in [2.45, 2.75) is 13.1 Å². The number of nitrogens with zero attached hydrogens (tertiary/aromatic N) is 2. The molecule has 0 atom stereocenters. The fraction of sp³-hybridized carbons (Fsp3) is 0.150. The molecule has 26 heavy (non-hydrogen) atoms. The predicted molar refractivity (Wildman–Crippen MR) is 96.0 cm³/mol. The van der Waals surface area contributed by atoms with Crippen molar-refractivity contribution in [1.82, 2.24) is 15.2 Å². The lowest BCUT2D eigenvalue weighted by Crippen LogP contribution is -2.40. The Morgan fingerprint density at radius 1 is 1.00 bits per heavy atom. The van der Waals surface area contributed by atoms with E-state index in [2.05, 4.69) is 10.3 Å². The minimum atomic E-state index is -0.248. The van der Waals surface area contributed by atoms with Gasteiger partial charge in [0.1, 0.15) is 12.8 Å². The summed E-state index contributed by atoms with van der Waals surface area (Å²) < 4.78 is 4.99. The average molecular weight is 349 g/mol. The molecule has 0 radical (unpaired) electrons. The van der Waals surface area contributed by atoms with Crippen LogP contribution in [0.3, 0.4) is 0 Å². The molecule has 6 heteroatoms. The fourth-order valence-corrected chi connectivity index (χ4v) is 2.50. The number of carbonyl (C=O) groups excluding carboxylic acids is 2. The molecule has 1 aromatic carbocycles. The molecular weight excluding hydrogens is 330 g/mol. The van der Waals surface area contributed by atoms with Crippen LogP contribution in [0.5, 0.6) is 0 Å². The van der Waals surface area contributed by atoms with E-state index in [0.29, 0.717) is 18.7 Å². The molecule has 2 heterocycles. The summed E-state index contributed by atoms with van der Waals surface area (Å²) in [6, 6.07) is 14.8. The van der Waals surface area contributed by atoms with Gasteiger partial charge in [-0.25, -0.2) is 0 Å². The third-order valence-corrected chi connectivity index (χ3v) is 3.85. The van der Waals surface area contributed by atoms with Crippen molar-refractivity contribution in [2.75, 3.05) is 6.54 Å². The van der Waals surface area contributed by atoms with E-state index in [-0.39, 0.29) is 18.4 Å². The highest BCUT2D eigenvalue weighted by atomic mass is 16.3. The van der Waals surface area contributed by atoms with E-state index in [0.717, 1.165) is 11.1 Å². The van der Waals surface area contributed by atoms with Gasteiger partial charge in [0, 0.05) is 25.5 Å². The van der Waals surface area contributed by atoms with Crippen LogP contribution in [0.4, 0.5) is 0 Å². The predicted octanol–water partition coefficient (Wildman–Crippen LogP) is 2.63. The first-order valence-corrected chi connectivity index (χ1v) is 8.23. The maximum Gasteiger partial charge on any atom is 0.257 e. The Labute approximate surface area is 151 Å². The van der Waals surface area contributed by atoms with Gasteiger partial charge in [-0.05, 0) is 29.3 Å². The molecule has 6 nitrogen and oxygen atoms in total. The Morgan fingerprint density at radius 2 is 1.77 bits per heavy atom. The van der Waals surface area contributed by atoms with Gasteiger partial charge >= 0.3 is 0 Å². The largest absolute Gasteiger partial charge is 0.472 e. The topological polar surface area (TPSA) is 75.4 Å². The standard InChI is InChI=1S/C20H19N3O3/c24-19(22-12-16-6-9-21-10-7-16)14-23(13-17-4-2-1-3-5-17)20(25)18-8-11-26-15-18/h1-11,15H,12-14H2,(H,22,24). The first-order chi connectivity index (χ1) is 12.7. The normalized spacial score (nSPS) is 10.3. The molecule has 132 valence electrons. The zero-order chi connectivity index (χ0) is 18.2. The van der Waals surface area contributed by atoms with Crippen molar-refractivity contribution in [3.05, 3.63) is 90.1 Å². The van der Waals surface area contributed by atoms with E-state index in [1.54, 1.807) is 18.5 Å². The molecule has 0 spiro atoms. The van der Waals surface area contributed by atoms with Crippen LogP contribution in [-0.4, -0.2) is 28.2 Å². The molecule has 0 bridgehead atoms. The molecule has 1 N–H and O–H groups in total.